The second-order valence-electron chi connectivity index (χ2n) is 6.37. The van der Waals surface area contributed by atoms with Gasteiger partial charge in [0.2, 0.25) is 17.7 Å². The van der Waals surface area contributed by atoms with Crippen LogP contribution in [-0.2, 0) is 30.4 Å². The number of hydrogen-bond acceptors (Lipinski definition) is 8. The minimum Gasteiger partial charge on any atom is -0.481 e. The Morgan fingerprint density at radius 2 is 1.60 bits per heavy atom. The molecular formula is C16H24N6O8. The van der Waals surface area contributed by atoms with E-state index >= 15 is 0 Å². The van der Waals surface area contributed by atoms with Gasteiger partial charge in [0.1, 0.15) is 18.1 Å². The topological polar surface area (TPSA) is 237 Å². The van der Waals surface area contributed by atoms with Gasteiger partial charge in [-0.15, -0.1) is 0 Å². The molecule has 9 N–H and O–H groups in total. The highest BCUT2D eigenvalue weighted by Crippen LogP contribution is 2.02. The van der Waals surface area contributed by atoms with Gasteiger partial charge in [0.15, 0.2) is 0 Å². The van der Waals surface area contributed by atoms with Crippen molar-refractivity contribution >= 4 is 29.7 Å². The smallest absolute Gasteiger partial charge is 0.326 e. The first-order chi connectivity index (χ1) is 14.0. The number of nitrogens with one attached hydrogen (secondary N) is 4. The van der Waals surface area contributed by atoms with E-state index < -0.39 is 66.9 Å². The zero-order valence-corrected chi connectivity index (χ0v) is 16.0. The molecule has 1 aromatic rings. The molecule has 0 aliphatic rings. The van der Waals surface area contributed by atoms with Crippen LogP contribution in [0, 0.1) is 0 Å². The summed E-state index contributed by atoms with van der Waals surface area (Å²) in [6, 6.07) is -5.48. The summed E-state index contributed by atoms with van der Waals surface area (Å²) in [5.74, 6) is -5.66. The Labute approximate surface area is 170 Å². The second kappa shape index (κ2) is 11.5. The van der Waals surface area contributed by atoms with Gasteiger partial charge >= 0.3 is 11.9 Å². The molecule has 0 saturated carbocycles. The molecule has 3 amide bonds. The minimum atomic E-state index is -1.73. The first kappa shape index (κ1) is 24.5. The number of aliphatic hydroxyl groups is 1. The largest absolute Gasteiger partial charge is 0.481 e. The number of imidazole rings is 1. The molecule has 0 radical (unpaired) electrons. The van der Waals surface area contributed by atoms with Gasteiger partial charge in [0, 0.05) is 18.3 Å². The lowest BCUT2D eigenvalue weighted by molar-refractivity contribution is -0.147. The molecule has 0 aliphatic heterocycles. The molecule has 14 nitrogen and oxygen atoms in total. The highest BCUT2D eigenvalue weighted by atomic mass is 16.4. The standard InChI is InChI=1S/C16H24N6O8/c1-7(17)13(26)22-11(5-23)15(28)20-9(2-8-4-18-6-19-8)14(27)21-10(16(29)30)3-12(24)25/h4,6-7,9-11,23H,2-3,5,17H2,1H3,(H,18,19)(H,20,28)(H,21,27)(H,22,26)(H,24,25)(H,29,30). The predicted octanol–water partition coefficient (Wildman–Crippen LogP) is -3.69. The van der Waals surface area contributed by atoms with Crippen molar-refractivity contribution in [2.75, 3.05) is 6.61 Å². The SMILES string of the molecule is CC(N)C(=O)NC(CO)C(=O)NC(Cc1cnc[nH]1)C(=O)NC(CC(=O)O)C(=O)O. The summed E-state index contributed by atoms with van der Waals surface area (Å²) >= 11 is 0. The first-order valence-corrected chi connectivity index (χ1v) is 8.74. The molecule has 0 aromatic carbocycles. The van der Waals surface area contributed by atoms with Gasteiger partial charge in [0.25, 0.3) is 0 Å². The number of aromatic nitrogens is 2. The van der Waals surface area contributed by atoms with E-state index in [-0.39, 0.29) is 6.42 Å². The Balaban J connectivity index is 2.97. The molecule has 0 fully saturated rings. The third kappa shape index (κ3) is 7.84. The number of nitrogens with two attached hydrogens (primary N) is 1. The number of H-pyrrole nitrogens is 1. The van der Waals surface area contributed by atoms with Crippen LogP contribution in [0.25, 0.3) is 0 Å². The van der Waals surface area contributed by atoms with Gasteiger partial charge < -0.3 is 42.0 Å². The number of carboxylic acids is 2. The number of carbonyl (C=O) groups excluding carboxylic acids is 3. The van der Waals surface area contributed by atoms with E-state index in [0.717, 1.165) is 0 Å². The quantitative estimate of drug-likeness (QED) is 0.162. The Morgan fingerprint density at radius 1 is 1.03 bits per heavy atom. The first-order valence-electron chi connectivity index (χ1n) is 8.74. The molecule has 0 saturated heterocycles. The third-order valence-electron chi connectivity index (χ3n) is 3.83. The number of aliphatic hydroxyl groups excluding tert-OH is 1. The molecule has 1 rings (SSSR count). The zero-order chi connectivity index (χ0) is 22.8. The van der Waals surface area contributed by atoms with Crippen molar-refractivity contribution in [3.05, 3.63) is 18.2 Å². The lowest BCUT2D eigenvalue weighted by atomic mass is 10.1. The number of carboxylic acid groups (broad SMARTS) is 2. The fraction of sp³-hybridized carbons (Fsp3) is 0.500. The maximum Gasteiger partial charge on any atom is 0.326 e. The lowest BCUT2D eigenvalue weighted by Crippen LogP contribution is -2.58. The van der Waals surface area contributed by atoms with Crippen LogP contribution in [0.5, 0.6) is 0 Å². The fourth-order valence-corrected chi connectivity index (χ4v) is 2.24. The van der Waals surface area contributed by atoms with Crippen LogP contribution < -0.4 is 21.7 Å². The highest BCUT2D eigenvalue weighted by Gasteiger charge is 2.31. The average molecular weight is 428 g/mol. The Bertz CT molecular complexity index is 766. The number of aliphatic carboxylic acids is 2. The zero-order valence-electron chi connectivity index (χ0n) is 16.0. The van der Waals surface area contributed by atoms with Crippen LogP contribution in [0.1, 0.15) is 19.0 Å². The number of rotatable bonds is 12. The van der Waals surface area contributed by atoms with Crippen LogP contribution in [0.4, 0.5) is 0 Å². The summed E-state index contributed by atoms with van der Waals surface area (Å²) in [5.41, 5.74) is 5.80. The fourth-order valence-electron chi connectivity index (χ4n) is 2.24. The maximum atomic E-state index is 12.6. The van der Waals surface area contributed by atoms with Crippen molar-refractivity contribution in [2.45, 2.75) is 43.9 Å². The van der Waals surface area contributed by atoms with Crippen LogP contribution >= 0.6 is 0 Å². The van der Waals surface area contributed by atoms with Crippen molar-refractivity contribution < 1.29 is 39.3 Å². The molecule has 30 heavy (non-hydrogen) atoms. The van der Waals surface area contributed by atoms with Gasteiger partial charge in [-0.2, -0.15) is 0 Å². The van der Waals surface area contributed by atoms with Gasteiger partial charge in [-0.3, -0.25) is 19.2 Å². The molecular weight excluding hydrogens is 404 g/mol. The Hall–Kier alpha value is -3.52. The van der Waals surface area contributed by atoms with Crippen LogP contribution in [0.2, 0.25) is 0 Å². The monoisotopic (exact) mass is 428 g/mol. The summed E-state index contributed by atoms with van der Waals surface area (Å²) in [4.78, 5) is 65.1. The minimum absolute atomic E-state index is 0.156. The summed E-state index contributed by atoms with van der Waals surface area (Å²) < 4.78 is 0. The van der Waals surface area contributed by atoms with E-state index in [0.29, 0.717) is 5.69 Å². The van der Waals surface area contributed by atoms with Crippen molar-refractivity contribution in [3.63, 3.8) is 0 Å². The van der Waals surface area contributed by atoms with E-state index in [1.54, 1.807) is 0 Å². The maximum absolute atomic E-state index is 12.6. The van der Waals surface area contributed by atoms with E-state index in [9.17, 15) is 29.1 Å². The van der Waals surface area contributed by atoms with Gasteiger partial charge in [-0.05, 0) is 6.92 Å². The summed E-state index contributed by atoms with van der Waals surface area (Å²) in [5, 5.41) is 33.8. The molecule has 14 heteroatoms. The Morgan fingerprint density at radius 3 is 2.07 bits per heavy atom. The molecule has 0 spiro atoms. The van der Waals surface area contributed by atoms with Crippen LogP contribution in [0.15, 0.2) is 12.5 Å². The molecule has 0 bridgehead atoms. The Kier molecular flexibility index (Phi) is 9.38. The highest BCUT2D eigenvalue weighted by molar-refractivity contribution is 5.94. The van der Waals surface area contributed by atoms with Gasteiger partial charge in [-0.25, -0.2) is 9.78 Å². The van der Waals surface area contributed by atoms with Gasteiger partial charge in [-0.1, -0.05) is 0 Å². The second-order valence-corrected chi connectivity index (χ2v) is 6.37. The van der Waals surface area contributed by atoms with Gasteiger partial charge in [0.05, 0.1) is 25.4 Å². The van der Waals surface area contributed by atoms with Crippen LogP contribution in [0.3, 0.4) is 0 Å². The van der Waals surface area contributed by atoms with Crippen molar-refractivity contribution in [3.8, 4) is 0 Å². The van der Waals surface area contributed by atoms with E-state index in [2.05, 4.69) is 20.6 Å². The number of nitrogens with zero attached hydrogens (tertiary/aromatic N) is 1. The molecule has 166 valence electrons. The molecule has 4 unspecified atom stereocenters. The van der Waals surface area contributed by atoms with Crippen molar-refractivity contribution in [2.24, 2.45) is 5.73 Å². The van der Waals surface area contributed by atoms with E-state index in [1.165, 1.54) is 19.4 Å². The van der Waals surface area contributed by atoms with E-state index in [4.69, 9.17) is 15.9 Å². The lowest BCUT2D eigenvalue weighted by Gasteiger charge is -2.23. The van der Waals surface area contributed by atoms with Crippen molar-refractivity contribution in [1.82, 2.24) is 25.9 Å². The van der Waals surface area contributed by atoms with Crippen molar-refractivity contribution in [1.29, 1.82) is 0 Å². The summed E-state index contributed by atoms with van der Waals surface area (Å²) in [6.07, 6.45) is 1.64. The molecule has 0 aliphatic carbocycles. The number of aromatic amines is 1. The van der Waals surface area contributed by atoms with E-state index in [1.807, 2.05) is 5.32 Å². The third-order valence-corrected chi connectivity index (χ3v) is 3.83. The summed E-state index contributed by atoms with van der Waals surface area (Å²) in [7, 11) is 0. The van der Waals surface area contributed by atoms with Crippen LogP contribution in [-0.4, -0.2) is 85.7 Å². The number of amides is 3. The molecule has 1 aromatic heterocycles. The number of carbonyl (C=O) groups is 5. The molecule has 4 atom stereocenters. The summed E-state index contributed by atoms with van der Waals surface area (Å²) in [6.45, 7) is 0.574. The normalized spacial score (nSPS) is 14.6. The number of hydrogen-bond donors (Lipinski definition) is 8. The predicted molar refractivity (Wildman–Crippen MR) is 98.7 cm³/mol. The average Bonchev–Trinajstić information content (AvgIpc) is 3.17. The molecule has 1 heterocycles.